The van der Waals surface area contributed by atoms with Gasteiger partial charge in [0.25, 0.3) is 0 Å². The summed E-state index contributed by atoms with van der Waals surface area (Å²) in [5.74, 6) is -0.361. The third kappa shape index (κ3) is 2.97. The monoisotopic (exact) mass is 242 g/mol. The summed E-state index contributed by atoms with van der Waals surface area (Å²) in [5.41, 5.74) is -0.649. The molecular formula is C12H22N2O3. The fraction of sp³-hybridized carbons (Fsp3) is 0.833. The molecule has 17 heavy (non-hydrogen) atoms. The van der Waals surface area contributed by atoms with Gasteiger partial charge in [-0.1, -0.05) is 0 Å². The number of hydrogen-bond acceptors (Lipinski definition) is 4. The van der Waals surface area contributed by atoms with Gasteiger partial charge in [-0.2, -0.15) is 0 Å². The lowest BCUT2D eigenvalue weighted by atomic mass is 9.97. The summed E-state index contributed by atoms with van der Waals surface area (Å²) in [4.78, 5) is 25.6. The molecule has 0 aliphatic carbocycles. The topological polar surface area (TPSA) is 58.6 Å². The van der Waals surface area contributed by atoms with Gasteiger partial charge in [0.05, 0.1) is 12.6 Å². The average molecular weight is 242 g/mol. The van der Waals surface area contributed by atoms with Gasteiger partial charge in [-0.15, -0.1) is 0 Å². The number of esters is 1. The van der Waals surface area contributed by atoms with E-state index in [-0.39, 0.29) is 11.9 Å². The van der Waals surface area contributed by atoms with E-state index in [1.54, 1.807) is 11.9 Å². The molecule has 1 N–H and O–H groups in total. The van der Waals surface area contributed by atoms with Crippen molar-refractivity contribution in [2.75, 3.05) is 20.7 Å². The highest BCUT2D eigenvalue weighted by Gasteiger charge is 2.38. The number of rotatable bonds is 3. The second-order valence-electron chi connectivity index (χ2n) is 4.91. The largest absolute Gasteiger partial charge is 0.467 e. The van der Waals surface area contributed by atoms with Crippen molar-refractivity contribution in [1.29, 1.82) is 0 Å². The summed E-state index contributed by atoms with van der Waals surface area (Å²) >= 11 is 0. The van der Waals surface area contributed by atoms with Crippen molar-refractivity contribution >= 4 is 11.9 Å². The van der Waals surface area contributed by atoms with Crippen molar-refractivity contribution in [3.05, 3.63) is 0 Å². The first kappa shape index (κ1) is 14.0. The Morgan fingerprint density at radius 3 is 2.53 bits per heavy atom. The summed E-state index contributed by atoms with van der Waals surface area (Å²) in [7, 11) is 3.11. The van der Waals surface area contributed by atoms with Crippen LogP contribution in [0, 0.1) is 0 Å². The van der Waals surface area contributed by atoms with Crippen molar-refractivity contribution in [3.8, 4) is 0 Å². The van der Waals surface area contributed by atoms with Crippen LogP contribution < -0.4 is 5.32 Å². The van der Waals surface area contributed by atoms with Crippen LogP contribution in [0.25, 0.3) is 0 Å². The van der Waals surface area contributed by atoms with Crippen LogP contribution in [0.5, 0.6) is 0 Å². The zero-order chi connectivity index (χ0) is 13.1. The Kier molecular flexibility index (Phi) is 4.51. The normalized spacial score (nSPS) is 21.2. The molecule has 0 saturated carbocycles. The maximum Gasteiger partial charge on any atom is 0.328 e. The van der Waals surface area contributed by atoms with Crippen LogP contribution in [0.15, 0.2) is 0 Å². The Balaban J connectivity index is 2.85. The van der Waals surface area contributed by atoms with E-state index in [0.717, 1.165) is 12.8 Å². The van der Waals surface area contributed by atoms with Gasteiger partial charge >= 0.3 is 5.97 Å². The molecule has 1 aliphatic heterocycles. The summed E-state index contributed by atoms with van der Waals surface area (Å²) in [6.07, 6.45) is 2.60. The first-order chi connectivity index (χ1) is 7.94. The van der Waals surface area contributed by atoms with Gasteiger partial charge in [0.15, 0.2) is 0 Å². The molecule has 1 rings (SSSR count). The quantitative estimate of drug-likeness (QED) is 0.734. The fourth-order valence-electron chi connectivity index (χ4n) is 2.02. The van der Waals surface area contributed by atoms with Gasteiger partial charge in [-0.05, 0) is 40.2 Å². The second kappa shape index (κ2) is 5.49. The maximum atomic E-state index is 12.3. The van der Waals surface area contributed by atoms with E-state index in [2.05, 4.69) is 5.32 Å². The highest BCUT2D eigenvalue weighted by atomic mass is 16.5. The molecule has 1 fully saturated rings. The van der Waals surface area contributed by atoms with Gasteiger partial charge in [0, 0.05) is 6.54 Å². The van der Waals surface area contributed by atoms with E-state index in [1.165, 1.54) is 7.11 Å². The molecule has 98 valence electrons. The summed E-state index contributed by atoms with van der Waals surface area (Å²) in [6, 6.07) is -0.422. The van der Waals surface area contributed by atoms with E-state index in [0.29, 0.717) is 13.0 Å². The zero-order valence-electron chi connectivity index (χ0n) is 11.1. The summed E-state index contributed by atoms with van der Waals surface area (Å²) in [5, 5.41) is 2.97. The van der Waals surface area contributed by atoms with Gasteiger partial charge in [0.1, 0.15) is 6.04 Å². The second-order valence-corrected chi connectivity index (χ2v) is 4.91. The lowest BCUT2D eigenvalue weighted by Gasteiger charge is -2.38. The third-order valence-corrected chi connectivity index (χ3v) is 3.40. The molecule has 0 aromatic carbocycles. The van der Waals surface area contributed by atoms with E-state index in [9.17, 15) is 9.59 Å². The van der Waals surface area contributed by atoms with Crippen molar-refractivity contribution in [1.82, 2.24) is 10.2 Å². The lowest BCUT2D eigenvalue weighted by Crippen LogP contribution is -2.58. The summed E-state index contributed by atoms with van der Waals surface area (Å²) < 4.78 is 4.76. The number of piperidine rings is 1. The average Bonchev–Trinajstić information content (AvgIpc) is 2.36. The van der Waals surface area contributed by atoms with Crippen LogP contribution in [0.2, 0.25) is 0 Å². The van der Waals surface area contributed by atoms with Crippen LogP contribution in [0.3, 0.4) is 0 Å². The number of carbonyl (C=O) groups excluding carboxylic acids is 2. The van der Waals surface area contributed by atoms with Crippen molar-refractivity contribution in [2.45, 2.75) is 44.7 Å². The number of amides is 1. The first-order valence-corrected chi connectivity index (χ1v) is 6.02. The molecule has 1 amide bonds. The van der Waals surface area contributed by atoms with Gasteiger partial charge in [-0.3, -0.25) is 4.79 Å². The fourth-order valence-corrected chi connectivity index (χ4v) is 2.02. The lowest BCUT2D eigenvalue weighted by molar-refractivity contribution is -0.156. The molecule has 0 radical (unpaired) electrons. The zero-order valence-corrected chi connectivity index (χ0v) is 11.1. The van der Waals surface area contributed by atoms with E-state index in [1.807, 2.05) is 13.8 Å². The molecule has 5 nitrogen and oxygen atoms in total. The van der Waals surface area contributed by atoms with Gasteiger partial charge in [-0.25, -0.2) is 4.79 Å². The molecule has 5 heteroatoms. The predicted molar refractivity (Wildman–Crippen MR) is 64.5 cm³/mol. The molecule has 1 heterocycles. The van der Waals surface area contributed by atoms with Crippen molar-refractivity contribution in [3.63, 3.8) is 0 Å². The van der Waals surface area contributed by atoms with E-state index in [4.69, 9.17) is 4.74 Å². The smallest absolute Gasteiger partial charge is 0.328 e. The Morgan fingerprint density at radius 1 is 1.35 bits per heavy atom. The minimum Gasteiger partial charge on any atom is -0.467 e. The third-order valence-electron chi connectivity index (χ3n) is 3.40. The number of nitrogens with zero attached hydrogens (tertiary/aromatic N) is 1. The molecule has 1 aliphatic rings. The Hall–Kier alpha value is -1.10. The maximum absolute atomic E-state index is 12.3. The number of ether oxygens (including phenoxy) is 1. The number of methoxy groups -OCH3 is 1. The van der Waals surface area contributed by atoms with Crippen molar-refractivity contribution < 1.29 is 14.3 Å². The Morgan fingerprint density at radius 2 is 2.00 bits per heavy atom. The molecule has 0 aromatic heterocycles. The van der Waals surface area contributed by atoms with Crippen LogP contribution in [-0.4, -0.2) is 49.1 Å². The van der Waals surface area contributed by atoms with Crippen LogP contribution in [0.1, 0.15) is 33.1 Å². The standard InChI is InChI=1S/C12H22N2O3/c1-12(2,13-3)11(16)14-8-6-5-7-9(14)10(15)17-4/h9,13H,5-8H2,1-4H3. The van der Waals surface area contributed by atoms with Crippen molar-refractivity contribution in [2.24, 2.45) is 0 Å². The summed E-state index contributed by atoms with van der Waals surface area (Å²) in [6.45, 7) is 4.26. The highest BCUT2D eigenvalue weighted by Crippen LogP contribution is 2.21. The molecule has 0 aromatic rings. The number of carbonyl (C=O) groups is 2. The Labute approximate surface area is 102 Å². The Bertz CT molecular complexity index is 302. The highest BCUT2D eigenvalue weighted by molar-refractivity contribution is 5.90. The SMILES string of the molecule is CNC(C)(C)C(=O)N1CCCCC1C(=O)OC. The number of likely N-dealkylation sites (N-methyl/N-ethyl adjacent to an activating group) is 1. The van der Waals surface area contributed by atoms with Gasteiger partial charge in [0.2, 0.25) is 5.91 Å². The minimum absolute atomic E-state index is 0.0462. The number of likely N-dealkylation sites (tertiary alicyclic amines) is 1. The molecule has 1 atom stereocenters. The predicted octanol–water partition coefficient (Wildman–Crippen LogP) is 0.538. The molecule has 1 saturated heterocycles. The van der Waals surface area contributed by atoms with E-state index >= 15 is 0 Å². The van der Waals surface area contributed by atoms with Crippen LogP contribution in [-0.2, 0) is 14.3 Å². The number of hydrogen-bond donors (Lipinski definition) is 1. The molecule has 1 unspecified atom stereocenters. The van der Waals surface area contributed by atoms with Gasteiger partial charge < -0.3 is 15.0 Å². The van der Waals surface area contributed by atoms with Crippen LogP contribution in [0.4, 0.5) is 0 Å². The first-order valence-electron chi connectivity index (χ1n) is 6.02. The minimum atomic E-state index is -0.649. The molecular weight excluding hydrogens is 220 g/mol. The van der Waals surface area contributed by atoms with Crippen LogP contribution >= 0.6 is 0 Å². The van der Waals surface area contributed by atoms with E-state index < -0.39 is 11.6 Å². The molecule has 0 spiro atoms. The number of nitrogens with one attached hydrogen (secondary N) is 1. The molecule has 0 bridgehead atoms.